The van der Waals surface area contributed by atoms with Gasteiger partial charge in [0.2, 0.25) is 0 Å². The zero-order valence-electron chi connectivity index (χ0n) is 18.5. The fraction of sp³-hybridized carbons (Fsp3) is 0.231. The highest BCUT2D eigenvalue weighted by molar-refractivity contribution is 5.97. The summed E-state index contributed by atoms with van der Waals surface area (Å²) in [5.74, 6) is 0.154. The molecule has 0 saturated carbocycles. The van der Waals surface area contributed by atoms with E-state index in [0.29, 0.717) is 6.54 Å². The summed E-state index contributed by atoms with van der Waals surface area (Å²) >= 11 is 0. The van der Waals surface area contributed by atoms with E-state index >= 15 is 0 Å². The van der Waals surface area contributed by atoms with E-state index in [4.69, 9.17) is 4.42 Å². The molecule has 0 radical (unpaired) electrons. The summed E-state index contributed by atoms with van der Waals surface area (Å²) in [4.78, 5) is 33.6. The van der Waals surface area contributed by atoms with Crippen LogP contribution in [0.3, 0.4) is 0 Å². The van der Waals surface area contributed by atoms with Crippen LogP contribution in [0.15, 0.2) is 59.3 Å². The van der Waals surface area contributed by atoms with Gasteiger partial charge in [0.25, 0.3) is 11.8 Å². The van der Waals surface area contributed by atoms with Crippen molar-refractivity contribution >= 4 is 22.8 Å². The zero-order chi connectivity index (χ0) is 22.9. The van der Waals surface area contributed by atoms with Gasteiger partial charge < -0.3 is 15.1 Å². The van der Waals surface area contributed by atoms with Crippen molar-refractivity contribution in [1.29, 1.82) is 0 Å². The molecule has 2 aromatic carbocycles. The molecule has 1 unspecified atom stereocenters. The van der Waals surface area contributed by atoms with Crippen LogP contribution in [0, 0.1) is 13.8 Å². The van der Waals surface area contributed by atoms with Crippen molar-refractivity contribution in [2.75, 3.05) is 0 Å². The second-order valence-corrected chi connectivity index (χ2v) is 8.47. The molecular weight excluding hydrogens is 416 g/mol. The molecule has 0 spiro atoms. The van der Waals surface area contributed by atoms with Crippen LogP contribution < -0.4 is 10.6 Å². The van der Waals surface area contributed by atoms with Crippen LogP contribution >= 0.6 is 0 Å². The van der Waals surface area contributed by atoms with Crippen molar-refractivity contribution in [2.45, 2.75) is 39.3 Å². The number of fused-ring (bicyclic) bond motifs is 2. The van der Waals surface area contributed by atoms with Gasteiger partial charge in [-0.15, -0.1) is 0 Å². The molecule has 2 aromatic heterocycles. The lowest BCUT2D eigenvalue weighted by atomic mass is 10.1. The molecule has 5 rings (SSSR count). The Balaban J connectivity index is 1.24. The topological polar surface area (TPSA) is 97.1 Å². The third kappa shape index (κ3) is 4.35. The van der Waals surface area contributed by atoms with Gasteiger partial charge in [-0.2, -0.15) is 0 Å². The first-order valence-electron chi connectivity index (χ1n) is 11.0. The number of nitrogens with one attached hydrogen (secondary N) is 2. The van der Waals surface area contributed by atoms with Crippen molar-refractivity contribution in [3.8, 4) is 0 Å². The van der Waals surface area contributed by atoms with Crippen LogP contribution in [0.5, 0.6) is 0 Å². The van der Waals surface area contributed by atoms with Crippen molar-refractivity contribution in [3.63, 3.8) is 0 Å². The molecule has 33 heavy (non-hydrogen) atoms. The molecule has 2 amide bonds. The third-order valence-electron chi connectivity index (χ3n) is 5.97. The van der Waals surface area contributed by atoms with Gasteiger partial charge in [-0.1, -0.05) is 35.9 Å². The van der Waals surface area contributed by atoms with Crippen molar-refractivity contribution in [3.05, 3.63) is 94.3 Å². The monoisotopic (exact) mass is 440 g/mol. The average molecular weight is 441 g/mol. The molecule has 0 fully saturated rings. The van der Waals surface area contributed by atoms with Crippen molar-refractivity contribution in [2.24, 2.45) is 0 Å². The highest BCUT2D eigenvalue weighted by atomic mass is 16.3. The number of carbonyl (C=O) groups is 2. The summed E-state index contributed by atoms with van der Waals surface area (Å²) in [6.45, 7) is 4.28. The summed E-state index contributed by atoms with van der Waals surface area (Å²) in [7, 11) is 0. The number of rotatable bonds is 5. The normalized spacial score (nSPS) is 14.8. The lowest BCUT2D eigenvalue weighted by Gasteiger charge is -2.14. The molecule has 1 aliphatic rings. The van der Waals surface area contributed by atoms with E-state index in [-0.39, 0.29) is 29.2 Å². The number of benzene rings is 2. The minimum Gasteiger partial charge on any atom is -0.461 e. The van der Waals surface area contributed by atoms with Gasteiger partial charge in [0.05, 0.1) is 6.04 Å². The Morgan fingerprint density at radius 1 is 1.00 bits per heavy atom. The van der Waals surface area contributed by atoms with Crippen LogP contribution in [-0.2, 0) is 13.0 Å². The second-order valence-electron chi connectivity index (χ2n) is 8.47. The first-order valence-corrected chi connectivity index (χ1v) is 11.0. The number of nitrogens with zero attached hydrogens (tertiary/aromatic N) is 2. The Labute approximate surface area is 191 Å². The molecular formula is C26H24N4O3. The number of furan rings is 1. The van der Waals surface area contributed by atoms with Gasteiger partial charge in [0, 0.05) is 18.0 Å². The maximum atomic E-state index is 12.8. The molecule has 0 aliphatic heterocycles. The van der Waals surface area contributed by atoms with E-state index in [2.05, 4.69) is 45.7 Å². The van der Waals surface area contributed by atoms with E-state index in [1.54, 1.807) is 0 Å². The van der Waals surface area contributed by atoms with E-state index < -0.39 is 0 Å². The largest absolute Gasteiger partial charge is 0.461 e. The fourth-order valence-electron chi connectivity index (χ4n) is 4.33. The summed E-state index contributed by atoms with van der Waals surface area (Å²) in [6, 6.07) is 15.4. The third-order valence-corrected chi connectivity index (χ3v) is 5.97. The molecule has 1 aliphatic carbocycles. The molecule has 7 nitrogen and oxygen atoms in total. The lowest BCUT2D eigenvalue weighted by Crippen LogP contribution is -2.29. The van der Waals surface area contributed by atoms with Crippen LogP contribution in [0.4, 0.5) is 0 Å². The Bertz CT molecular complexity index is 1380. The highest BCUT2D eigenvalue weighted by Gasteiger charge is 2.25. The molecule has 2 N–H and O–H groups in total. The maximum Gasteiger partial charge on any atom is 0.270 e. The average Bonchev–Trinajstić information content (AvgIpc) is 3.38. The van der Waals surface area contributed by atoms with Gasteiger partial charge in [0.15, 0.2) is 0 Å². The number of hydrogen-bond donors (Lipinski definition) is 2. The number of amides is 2. The summed E-state index contributed by atoms with van der Waals surface area (Å²) in [5, 5.41) is 6.91. The second kappa shape index (κ2) is 8.50. The Morgan fingerprint density at radius 3 is 2.67 bits per heavy atom. The summed E-state index contributed by atoms with van der Waals surface area (Å²) in [6.07, 6.45) is 3.03. The van der Waals surface area contributed by atoms with Gasteiger partial charge in [-0.3, -0.25) is 9.59 Å². The summed E-state index contributed by atoms with van der Waals surface area (Å²) < 4.78 is 5.65. The number of hydrogen-bond acceptors (Lipinski definition) is 5. The fourth-order valence-corrected chi connectivity index (χ4v) is 4.33. The van der Waals surface area contributed by atoms with Gasteiger partial charge in [-0.25, -0.2) is 9.97 Å². The highest BCUT2D eigenvalue weighted by Crippen LogP contribution is 2.31. The first-order chi connectivity index (χ1) is 16.0. The van der Waals surface area contributed by atoms with Gasteiger partial charge >= 0.3 is 0 Å². The van der Waals surface area contributed by atoms with Gasteiger partial charge in [0.1, 0.15) is 29.1 Å². The SMILES string of the molecule is Cc1ccc2c(c1)CCC2NC(=O)c1cc(C(=O)NCc2ccc3cc(C)oc3c2)ncn1. The molecule has 166 valence electrons. The lowest BCUT2D eigenvalue weighted by molar-refractivity contribution is 0.0931. The Hall–Kier alpha value is -4.00. The standard InChI is InChI=1S/C26H24N4O3/c1-15-3-7-20-18(9-15)6-8-21(20)30-26(32)23-12-22(28-14-29-23)25(31)27-13-17-4-5-19-10-16(2)33-24(19)11-17/h3-5,7,9-12,14,21H,6,8,13H2,1-2H3,(H,27,31)(H,30,32). The minimum absolute atomic E-state index is 0.0551. The number of aromatic nitrogens is 2. The predicted octanol–water partition coefficient (Wildman–Crippen LogP) is 4.19. The van der Waals surface area contributed by atoms with E-state index in [0.717, 1.165) is 40.7 Å². The molecule has 0 saturated heterocycles. The van der Waals surface area contributed by atoms with E-state index in [1.807, 2.05) is 31.2 Å². The predicted molar refractivity (Wildman–Crippen MR) is 124 cm³/mol. The van der Waals surface area contributed by atoms with Crippen LogP contribution in [0.25, 0.3) is 11.0 Å². The first kappa shape index (κ1) is 20.9. The number of aryl methyl sites for hydroxylation is 3. The smallest absolute Gasteiger partial charge is 0.270 e. The molecule has 0 bridgehead atoms. The minimum atomic E-state index is -0.371. The molecule has 1 atom stereocenters. The van der Waals surface area contributed by atoms with Crippen LogP contribution in [-0.4, -0.2) is 21.8 Å². The van der Waals surface area contributed by atoms with Crippen molar-refractivity contribution < 1.29 is 14.0 Å². The van der Waals surface area contributed by atoms with Gasteiger partial charge in [-0.05, 0) is 55.5 Å². The summed E-state index contributed by atoms with van der Waals surface area (Å²) in [5.41, 5.74) is 5.63. The molecule has 2 heterocycles. The quantitative estimate of drug-likeness (QED) is 0.485. The van der Waals surface area contributed by atoms with Crippen molar-refractivity contribution in [1.82, 2.24) is 20.6 Å². The molecule has 4 aromatic rings. The van der Waals surface area contributed by atoms with E-state index in [9.17, 15) is 9.59 Å². The maximum absolute atomic E-state index is 12.8. The molecule has 7 heteroatoms. The number of carbonyl (C=O) groups excluding carboxylic acids is 2. The van der Waals surface area contributed by atoms with Crippen LogP contribution in [0.1, 0.15) is 61.5 Å². The zero-order valence-corrected chi connectivity index (χ0v) is 18.5. The van der Waals surface area contributed by atoms with Crippen LogP contribution in [0.2, 0.25) is 0 Å². The Kier molecular flexibility index (Phi) is 5.38. The Morgan fingerprint density at radius 2 is 1.82 bits per heavy atom. The van der Waals surface area contributed by atoms with E-state index in [1.165, 1.54) is 23.5 Å².